The lowest BCUT2D eigenvalue weighted by atomic mass is 10.0. The molecule has 0 aromatic carbocycles. The van der Waals surface area contributed by atoms with Crippen molar-refractivity contribution in [2.45, 2.75) is 25.2 Å². The predicted molar refractivity (Wildman–Crippen MR) is 48.7 cm³/mol. The quantitative estimate of drug-likeness (QED) is 0.309. The molecule has 0 amide bonds. The summed E-state index contributed by atoms with van der Waals surface area (Å²) in [7, 11) is 0. The lowest BCUT2D eigenvalue weighted by Gasteiger charge is -2.22. The molecular weight excluding hydrogens is 190 g/mol. The maximum Gasteiger partial charge on any atom is 0.183 e. The van der Waals surface area contributed by atoms with E-state index in [9.17, 15) is 9.90 Å². The van der Waals surface area contributed by atoms with Crippen LogP contribution in [0.2, 0.25) is 0 Å². The van der Waals surface area contributed by atoms with E-state index < -0.39 is 37.2 Å². The molecule has 0 aliphatic rings. The highest BCUT2D eigenvalue weighted by molar-refractivity contribution is 5.88. The van der Waals surface area contributed by atoms with E-state index in [0.717, 1.165) is 0 Å². The summed E-state index contributed by atoms with van der Waals surface area (Å²) in [6.45, 7) is 0.849. The molecule has 0 aromatic heterocycles. The molecule has 0 rings (SSSR count). The van der Waals surface area contributed by atoms with Gasteiger partial charge in [0, 0.05) is 0 Å². The molecule has 0 aliphatic carbocycles. The van der Waals surface area contributed by atoms with Crippen LogP contribution in [-0.2, 0) is 4.79 Å². The zero-order valence-electron chi connectivity index (χ0n) is 8.05. The van der Waals surface area contributed by atoms with Gasteiger partial charge >= 0.3 is 0 Å². The molecule has 0 unspecified atom stereocenters. The van der Waals surface area contributed by atoms with Crippen LogP contribution in [0.4, 0.5) is 0 Å². The Hall–Kier alpha value is -0.530. The largest absolute Gasteiger partial charge is 0.394 e. The summed E-state index contributed by atoms with van der Waals surface area (Å²) in [6, 6.07) is -1.05. The van der Waals surface area contributed by atoms with Crippen LogP contribution < -0.4 is 5.32 Å². The molecular formula is C8H17NO5. The second-order valence-electron chi connectivity index (χ2n) is 2.89. The summed E-state index contributed by atoms with van der Waals surface area (Å²) in [4.78, 5) is 11.3. The summed E-state index contributed by atoms with van der Waals surface area (Å²) in [5.74, 6) is -0.726. The zero-order valence-corrected chi connectivity index (χ0v) is 8.05. The molecule has 0 fully saturated rings. The van der Waals surface area contributed by atoms with Gasteiger partial charge in [-0.15, -0.1) is 0 Å². The average molecular weight is 207 g/mol. The van der Waals surface area contributed by atoms with Gasteiger partial charge in [-0.2, -0.15) is 0 Å². The number of hydrogen-bond acceptors (Lipinski definition) is 6. The van der Waals surface area contributed by atoms with Gasteiger partial charge in [0.2, 0.25) is 0 Å². The minimum atomic E-state index is -1.53. The third kappa shape index (κ3) is 3.69. The Bertz CT molecular complexity index is 175. The number of aliphatic hydroxyl groups is 4. The van der Waals surface area contributed by atoms with Gasteiger partial charge in [-0.05, 0) is 6.54 Å². The molecule has 0 heterocycles. The first-order valence-electron chi connectivity index (χ1n) is 4.43. The van der Waals surface area contributed by atoms with E-state index in [-0.39, 0.29) is 0 Å². The van der Waals surface area contributed by atoms with Crippen LogP contribution in [0.15, 0.2) is 0 Å². The number of carbonyl (C=O) groups excluding carboxylic acids is 1. The zero-order chi connectivity index (χ0) is 11.1. The topological polar surface area (TPSA) is 110 Å². The summed E-state index contributed by atoms with van der Waals surface area (Å²) >= 11 is 0. The van der Waals surface area contributed by atoms with E-state index in [1.807, 2.05) is 0 Å². The summed E-state index contributed by atoms with van der Waals surface area (Å²) in [5.41, 5.74) is 0. The van der Waals surface area contributed by atoms with Gasteiger partial charge in [0.25, 0.3) is 0 Å². The molecule has 5 N–H and O–H groups in total. The number of ketones is 1. The second-order valence-corrected chi connectivity index (χ2v) is 2.89. The molecule has 0 aromatic rings. The van der Waals surface area contributed by atoms with Gasteiger partial charge in [0.05, 0.1) is 25.4 Å². The van der Waals surface area contributed by atoms with Gasteiger partial charge in [-0.1, -0.05) is 6.92 Å². The first-order chi connectivity index (χ1) is 6.58. The van der Waals surface area contributed by atoms with Crippen LogP contribution in [0.1, 0.15) is 6.92 Å². The summed E-state index contributed by atoms with van der Waals surface area (Å²) < 4.78 is 0. The number of nitrogens with one attached hydrogen (secondary N) is 1. The molecule has 84 valence electrons. The van der Waals surface area contributed by atoms with E-state index in [4.69, 9.17) is 15.3 Å². The van der Waals surface area contributed by atoms with E-state index in [1.54, 1.807) is 6.92 Å². The van der Waals surface area contributed by atoms with Gasteiger partial charge < -0.3 is 25.7 Å². The molecule has 14 heavy (non-hydrogen) atoms. The number of Topliss-reactive ketones (excluding diaryl/α,β-unsaturated/α-hetero) is 1. The average Bonchev–Trinajstić information content (AvgIpc) is 2.22. The number of hydrogen-bond donors (Lipinski definition) is 5. The van der Waals surface area contributed by atoms with Gasteiger partial charge in [-0.25, -0.2) is 0 Å². The predicted octanol–water partition coefficient (Wildman–Crippen LogP) is -2.76. The first-order valence-corrected chi connectivity index (χ1v) is 4.43. The SMILES string of the molecule is CCN[C@H](C(=O)[C@@H](O)CO)[C@H](O)CO. The van der Waals surface area contributed by atoms with Crippen molar-refractivity contribution in [3.05, 3.63) is 0 Å². The monoisotopic (exact) mass is 207 g/mol. The number of aliphatic hydroxyl groups excluding tert-OH is 4. The van der Waals surface area contributed by atoms with Crippen LogP contribution in [-0.4, -0.2) is 64.2 Å². The number of rotatable bonds is 7. The van der Waals surface area contributed by atoms with Crippen LogP contribution in [0.5, 0.6) is 0 Å². The van der Waals surface area contributed by atoms with Crippen LogP contribution in [0.25, 0.3) is 0 Å². The fourth-order valence-corrected chi connectivity index (χ4v) is 1.05. The van der Waals surface area contributed by atoms with Crippen LogP contribution in [0, 0.1) is 0 Å². The lowest BCUT2D eigenvalue weighted by molar-refractivity contribution is -0.134. The highest BCUT2D eigenvalue weighted by Crippen LogP contribution is 1.99. The normalized spacial score (nSPS) is 17.5. The maximum atomic E-state index is 11.3. The molecule has 0 aliphatic heterocycles. The van der Waals surface area contributed by atoms with E-state index in [2.05, 4.69) is 5.32 Å². The Morgan fingerprint density at radius 3 is 2.21 bits per heavy atom. The number of carbonyl (C=O) groups is 1. The van der Waals surface area contributed by atoms with Crippen LogP contribution >= 0.6 is 0 Å². The minimum Gasteiger partial charge on any atom is -0.394 e. The van der Waals surface area contributed by atoms with Crippen molar-refractivity contribution in [3.63, 3.8) is 0 Å². The van der Waals surface area contributed by atoms with Crippen molar-refractivity contribution in [2.75, 3.05) is 19.8 Å². The highest BCUT2D eigenvalue weighted by atomic mass is 16.3. The van der Waals surface area contributed by atoms with Crippen LogP contribution in [0.3, 0.4) is 0 Å². The van der Waals surface area contributed by atoms with Crippen molar-refractivity contribution in [3.8, 4) is 0 Å². The van der Waals surface area contributed by atoms with E-state index >= 15 is 0 Å². The van der Waals surface area contributed by atoms with Crippen molar-refractivity contribution in [2.24, 2.45) is 0 Å². The Labute approximate surface area is 82.2 Å². The molecule has 0 bridgehead atoms. The fourth-order valence-electron chi connectivity index (χ4n) is 1.05. The summed E-state index contributed by atoms with van der Waals surface area (Å²) in [6.07, 6.45) is -2.80. The van der Waals surface area contributed by atoms with Crippen molar-refractivity contribution >= 4 is 5.78 Å². The standard InChI is InChI=1S/C8H17NO5/c1-2-9-7(5(12)3-10)8(14)6(13)4-11/h5-7,9-13H,2-4H2,1H3/t5-,6+,7+/m1/s1. The molecule has 0 saturated carbocycles. The van der Waals surface area contributed by atoms with Crippen molar-refractivity contribution < 1.29 is 25.2 Å². The summed E-state index contributed by atoms with van der Waals surface area (Å²) in [5, 5.41) is 38.1. The molecule has 0 spiro atoms. The molecule has 6 nitrogen and oxygen atoms in total. The second kappa shape index (κ2) is 6.86. The van der Waals surface area contributed by atoms with Crippen molar-refractivity contribution in [1.29, 1.82) is 0 Å². The van der Waals surface area contributed by atoms with E-state index in [0.29, 0.717) is 6.54 Å². The third-order valence-electron chi connectivity index (χ3n) is 1.80. The third-order valence-corrected chi connectivity index (χ3v) is 1.80. The molecule has 0 saturated heterocycles. The first kappa shape index (κ1) is 13.5. The molecule has 0 radical (unpaired) electrons. The Kier molecular flexibility index (Phi) is 6.60. The Balaban J connectivity index is 4.39. The van der Waals surface area contributed by atoms with Gasteiger partial charge in [0.15, 0.2) is 5.78 Å². The Morgan fingerprint density at radius 1 is 1.29 bits per heavy atom. The van der Waals surface area contributed by atoms with E-state index in [1.165, 1.54) is 0 Å². The molecule has 3 atom stereocenters. The highest BCUT2D eigenvalue weighted by Gasteiger charge is 2.29. The van der Waals surface area contributed by atoms with Crippen molar-refractivity contribution in [1.82, 2.24) is 5.32 Å². The van der Waals surface area contributed by atoms with Gasteiger partial charge in [-0.3, -0.25) is 4.79 Å². The smallest absolute Gasteiger partial charge is 0.183 e. The maximum absolute atomic E-state index is 11.3. The van der Waals surface area contributed by atoms with Gasteiger partial charge in [0.1, 0.15) is 6.10 Å². The lowest BCUT2D eigenvalue weighted by Crippen LogP contribution is -2.52. The minimum absolute atomic E-state index is 0.408. The Morgan fingerprint density at radius 2 is 1.86 bits per heavy atom. The fraction of sp³-hybridized carbons (Fsp3) is 0.875. The molecule has 6 heteroatoms. The number of likely N-dealkylation sites (N-methyl/N-ethyl adjacent to an activating group) is 1.